The van der Waals surface area contributed by atoms with E-state index in [0.717, 1.165) is 44.9 Å². The molecule has 6 aromatic rings. The summed E-state index contributed by atoms with van der Waals surface area (Å²) in [7, 11) is 0. The van der Waals surface area contributed by atoms with E-state index in [-0.39, 0.29) is 0 Å². The van der Waals surface area contributed by atoms with Gasteiger partial charge in [0.1, 0.15) is 11.5 Å². The van der Waals surface area contributed by atoms with Gasteiger partial charge in [0.15, 0.2) is 0 Å². The molecule has 0 radical (unpaired) electrons. The number of fused-ring (bicyclic) bond motifs is 2. The van der Waals surface area contributed by atoms with E-state index >= 15 is 0 Å². The van der Waals surface area contributed by atoms with Crippen LogP contribution in [-0.4, -0.2) is 0 Å². The summed E-state index contributed by atoms with van der Waals surface area (Å²) in [6, 6.07) is 48.9. The van der Waals surface area contributed by atoms with E-state index in [1.165, 1.54) is 16.7 Å². The summed E-state index contributed by atoms with van der Waals surface area (Å²) in [4.78, 5) is 2.33. The van der Waals surface area contributed by atoms with Crippen molar-refractivity contribution >= 4 is 27.8 Å². The Bertz CT molecular complexity index is 1690. The molecule has 2 nitrogen and oxygen atoms in total. The van der Waals surface area contributed by atoms with Crippen molar-refractivity contribution < 1.29 is 4.74 Å². The van der Waals surface area contributed by atoms with E-state index in [9.17, 15) is 0 Å². The van der Waals surface area contributed by atoms with Crippen LogP contribution in [0.2, 0.25) is 0 Å². The number of ether oxygens (including phenoxy) is 1. The highest BCUT2D eigenvalue weighted by molar-refractivity contribution is 6.10. The fraction of sp³-hybridized carbons (Fsp3) is 0. The van der Waals surface area contributed by atoms with Crippen molar-refractivity contribution in [2.45, 2.75) is 0 Å². The van der Waals surface area contributed by atoms with Gasteiger partial charge in [-0.3, -0.25) is 0 Å². The third-order valence-corrected chi connectivity index (χ3v) is 6.86. The fourth-order valence-electron chi connectivity index (χ4n) is 5.20. The summed E-state index contributed by atoms with van der Waals surface area (Å²) in [5, 5.41) is 2.31. The summed E-state index contributed by atoms with van der Waals surface area (Å²) < 4.78 is 6.34. The van der Waals surface area contributed by atoms with Gasteiger partial charge in [0.05, 0.1) is 5.69 Å². The van der Waals surface area contributed by atoms with Gasteiger partial charge in [0, 0.05) is 27.7 Å². The van der Waals surface area contributed by atoms with Crippen molar-refractivity contribution in [2.24, 2.45) is 0 Å². The Morgan fingerprint density at radius 3 is 1.86 bits per heavy atom. The number of nitrogens with zero attached hydrogens (tertiary/aromatic N) is 1. The van der Waals surface area contributed by atoms with Gasteiger partial charge < -0.3 is 9.64 Å². The summed E-state index contributed by atoms with van der Waals surface area (Å²) in [5.74, 6) is 1.80. The second-order valence-corrected chi connectivity index (χ2v) is 8.99. The molecule has 0 atom stereocenters. The lowest BCUT2D eigenvalue weighted by Crippen LogP contribution is -2.11. The van der Waals surface area contributed by atoms with Crippen molar-refractivity contribution in [3.8, 4) is 33.8 Å². The van der Waals surface area contributed by atoms with Gasteiger partial charge in [-0.2, -0.15) is 0 Å². The van der Waals surface area contributed by atoms with E-state index < -0.39 is 0 Å². The molecular weight excluding hydrogens is 438 g/mol. The maximum atomic E-state index is 6.34. The Labute approximate surface area is 210 Å². The largest absolute Gasteiger partial charge is 0.456 e. The van der Waals surface area contributed by atoms with Crippen LogP contribution >= 0.6 is 0 Å². The van der Waals surface area contributed by atoms with Crippen LogP contribution in [0.5, 0.6) is 11.5 Å². The number of anilines is 3. The molecule has 0 bridgehead atoms. The lowest BCUT2D eigenvalue weighted by molar-refractivity contribution is 0.487. The third kappa shape index (κ3) is 3.35. The first-order valence-corrected chi connectivity index (χ1v) is 12.2. The molecule has 0 unspecified atom stereocenters. The maximum Gasteiger partial charge on any atom is 0.136 e. The molecule has 0 amide bonds. The first-order chi connectivity index (χ1) is 17.9. The van der Waals surface area contributed by atoms with Crippen LogP contribution in [0.15, 0.2) is 140 Å². The van der Waals surface area contributed by atoms with Crippen LogP contribution in [0.1, 0.15) is 0 Å². The lowest BCUT2D eigenvalue weighted by Gasteiger charge is -2.29. The molecule has 7 rings (SSSR count). The minimum Gasteiger partial charge on any atom is -0.456 e. The second-order valence-electron chi connectivity index (χ2n) is 8.99. The standard InChI is InChI=1S/C34H23NO/c1-3-10-24(11-4-1)25-18-20-27(21-19-25)35(26-12-5-2-6-13-26)31-22-23-33-34-29(15-9-16-30(31)34)28-14-7-8-17-32(28)36-33/h1-23H. The molecule has 0 fully saturated rings. The van der Waals surface area contributed by atoms with E-state index in [2.05, 4.69) is 132 Å². The van der Waals surface area contributed by atoms with E-state index in [0.29, 0.717) is 0 Å². The highest BCUT2D eigenvalue weighted by Gasteiger charge is 2.23. The van der Waals surface area contributed by atoms with Gasteiger partial charge in [-0.1, -0.05) is 97.1 Å². The molecule has 0 saturated heterocycles. The van der Waals surface area contributed by atoms with E-state index in [1.807, 2.05) is 12.1 Å². The first kappa shape index (κ1) is 20.5. The number of rotatable bonds is 4. The van der Waals surface area contributed by atoms with E-state index in [4.69, 9.17) is 4.74 Å². The molecule has 0 N–H and O–H groups in total. The maximum absolute atomic E-state index is 6.34. The van der Waals surface area contributed by atoms with Gasteiger partial charge in [-0.15, -0.1) is 0 Å². The third-order valence-electron chi connectivity index (χ3n) is 6.86. The molecular formula is C34H23NO. The zero-order valence-electron chi connectivity index (χ0n) is 19.6. The lowest BCUT2D eigenvalue weighted by atomic mass is 9.93. The SMILES string of the molecule is c1ccc(-c2ccc(N(c3ccccc3)c3ccc4c5c(cccc35)-c3ccccc3O4)cc2)cc1. The Kier molecular flexibility index (Phi) is 4.82. The zero-order chi connectivity index (χ0) is 23.9. The molecule has 1 heterocycles. The van der Waals surface area contributed by atoms with Gasteiger partial charge in [-0.25, -0.2) is 0 Å². The minimum atomic E-state index is 0.899. The molecule has 0 saturated carbocycles. The molecule has 1 aliphatic heterocycles. The summed E-state index contributed by atoms with van der Waals surface area (Å²) >= 11 is 0. The number of hydrogen-bond acceptors (Lipinski definition) is 2. The van der Waals surface area contributed by atoms with Crippen molar-refractivity contribution in [1.82, 2.24) is 0 Å². The minimum absolute atomic E-state index is 0.899. The highest BCUT2D eigenvalue weighted by atomic mass is 16.5. The molecule has 1 aliphatic rings. The normalized spacial score (nSPS) is 11.6. The van der Waals surface area contributed by atoms with Gasteiger partial charge in [-0.05, 0) is 59.2 Å². The molecule has 2 heteroatoms. The smallest absolute Gasteiger partial charge is 0.136 e. The Morgan fingerprint density at radius 2 is 1.06 bits per heavy atom. The second kappa shape index (κ2) is 8.44. The molecule has 0 aliphatic carbocycles. The van der Waals surface area contributed by atoms with Crippen molar-refractivity contribution in [1.29, 1.82) is 0 Å². The Morgan fingerprint density at radius 1 is 0.417 bits per heavy atom. The summed E-state index contributed by atoms with van der Waals surface area (Å²) in [6.45, 7) is 0. The van der Waals surface area contributed by atoms with Crippen molar-refractivity contribution in [3.05, 3.63) is 140 Å². The van der Waals surface area contributed by atoms with Crippen LogP contribution in [0.3, 0.4) is 0 Å². The van der Waals surface area contributed by atoms with Crippen molar-refractivity contribution in [2.75, 3.05) is 4.90 Å². The number of benzene rings is 6. The molecule has 6 aromatic carbocycles. The fourth-order valence-corrected chi connectivity index (χ4v) is 5.20. The molecule has 170 valence electrons. The highest BCUT2D eigenvalue weighted by Crippen LogP contribution is 2.50. The van der Waals surface area contributed by atoms with E-state index in [1.54, 1.807) is 0 Å². The topological polar surface area (TPSA) is 12.5 Å². The Hall–Kier alpha value is -4.82. The van der Waals surface area contributed by atoms with Crippen LogP contribution in [0.25, 0.3) is 33.0 Å². The van der Waals surface area contributed by atoms with Crippen molar-refractivity contribution in [3.63, 3.8) is 0 Å². The monoisotopic (exact) mass is 461 g/mol. The first-order valence-electron chi connectivity index (χ1n) is 12.2. The van der Waals surface area contributed by atoms with Gasteiger partial charge in [0.25, 0.3) is 0 Å². The quantitative estimate of drug-likeness (QED) is 0.259. The average Bonchev–Trinajstić information content (AvgIpc) is 2.96. The predicted molar refractivity (Wildman–Crippen MR) is 150 cm³/mol. The Balaban J connectivity index is 1.43. The summed E-state index contributed by atoms with van der Waals surface area (Å²) in [6.07, 6.45) is 0. The molecule has 0 aromatic heterocycles. The average molecular weight is 462 g/mol. The van der Waals surface area contributed by atoms with Crippen LogP contribution < -0.4 is 9.64 Å². The predicted octanol–water partition coefficient (Wildman–Crippen LogP) is 9.75. The van der Waals surface area contributed by atoms with Crippen LogP contribution in [0, 0.1) is 0 Å². The van der Waals surface area contributed by atoms with Crippen LogP contribution in [-0.2, 0) is 0 Å². The number of hydrogen-bond donors (Lipinski definition) is 0. The van der Waals surface area contributed by atoms with Crippen LogP contribution in [0.4, 0.5) is 17.1 Å². The number of para-hydroxylation sites is 2. The van der Waals surface area contributed by atoms with Gasteiger partial charge in [0.2, 0.25) is 0 Å². The summed E-state index contributed by atoms with van der Waals surface area (Å²) in [5.41, 5.74) is 8.10. The zero-order valence-corrected chi connectivity index (χ0v) is 19.6. The molecule has 0 spiro atoms. The molecule has 36 heavy (non-hydrogen) atoms. The van der Waals surface area contributed by atoms with Gasteiger partial charge >= 0.3 is 0 Å².